The maximum absolute atomic E-state index is 13.5. The van der Waals surface area contributed by atoms with E-state index in [1.165, 1.54) is 4.90 Å². The fraction of sp³-hybridized carbons (Fsp3) is 0.259. The summed E-state index contributed by atoms with van der Waals surface area (Å²) in [6, 6.07) is 20.7. The molecule has 0 aromatic heterocycles. The minimum atomic E-state index is -0.799. The molecule has 0 aliphatic heterocycles. The third-order valence-electron chi connectivity index (χ3n) is 5.37. The molecule has 0 heterocycles. The molecule has 35 heavy (non-hydrogen) atoms. The summed E-state index contributed by atoms with van der Waals surface area (Å²) < 4.78 is 5.72. The Balaban J connectivity index is 1.94. The van der Waals surface area contributed by atoms with Crippen molar-refractivity contribution in [3.63, 3.8) is 0 Å². The van der Waals surface area contributed by atoms with Gasteiger partial charge in [0.05, 0.1) is 0 Å². The molecule has 0 saturated heterocycles. The normalized spacial score (nSPS) is 11.5. The van der Waals surface area contributed by atoms with Gasteiger partial charge >= 0.3 is 0 Å². The van der Waals surface area contributed by atoms with Gasteiger partial charge in [-0.1, -0.05) is 84.2 Å². The molecule has 3 aromatic carbocycles. The first-order chi connectivity index (χ1) is 16.9. The van der Waals surface area contributed by atoms with E-state index in [1.807, 2.05) is 37.3 Å². The largest absolute Gasteiger partial charge is 0.484 e. The molecular weight excluding hydrogens is 507 g/mol. The number of nitrogens with one attached hydrogen (secondary N) is 1. The molecule has 184 valence electrons. The fourth-order valence-electron chi connectivity index (χ4n) is 3.56. The van der Waals surface area contributed by atoms with Gasteiger partial charge in [0.1, 0.15) is 11.8 Å². The van der Waals surface area contributed by atoms with Gasteiger partial charge in [0, 0.05) is 40.1 Å². The quantitative estimate of drug-likeness (QED) is 0.320. The van der Waals surface area contributed by atoms with E-state index in [-0.39, 0.29) is 25.0 Å². The highest BCUT2D eigenvalue weighted by atomic mass is 35.5. The average molecular weight is 534 g/mol. The second kappa shape index (κ2) is 13.4. The first-order valence-electron chi connectivity index (χ1n) is 11.3. The van der Waals surface area contributed by atoms with Crippen LogP contribution in [-0.2, 0) is 22.6 Å². The van der Waals surface area contributed by atoms with E-state index in [1.54, 1.807) is 42.5 Å². The third kappa shape index (κ3) is 7.89. The molecule has 0 unspecified atom stereocenters. The SMILES string of the molecule is CCCNC(=O)[C@H](Cc1ccccc1)N(Cc1c(Cl)cccc1Cl)C(=O)COc1cccc(Cl)c1. The van der Waals surface area contributed by atoms with Crippen molar-refractivity contribution in [3.8, 4) is 5.75 Å². The van der Waals surface area contributed by atoms with E-state index in [2.05, 4.69) is 5.32 Å². The minimum absolute atomic E-state index is 0.0489. The molecule has 0 aliphatic carbocycles. The number of benzene rings is 3. The zero-order valence-corrected chi connectivity index (χ0v) is 21.6. The van der Waals surface area contributed by atoms with Crippen LogP contribution in [-0.4, -0.2) is 35.9 Å². The van der Waals surface area contributed by atoms with Crippen molar-refractivity contribution in [1.29, 1.82) is 0 Å². The first kappa shape index (κ1) is 26.9. The van der Waals surface area contributed by atoms with Gasteiger partial charge in [-0.05, 0) is 42.3 Å². The van der Waals surface area contributed by atoms with E-state index in [0.717, 1.165) is 12.0 Å². The number of hydrogen-bond donors (Lipinski definition) is 1. The van der Waals surface area contributed by atoms with Crippen LogP contribution in [0.5, 0.6) is 5.75 Å². The highest BCUT2D eigenvalue weighted by Crippen LogP contribution is 2.27. The topological polar surface area (TPSA) is 58.6 Å². The lowest BCUT2D eigenvalue weighted by Crippen LogP contribution is -2.51. The van der Waals surface area contributed by atoms with E-state index in [0.29, 0.717) is 39.3 Å². The van der Waals surface area contributed by atoms with Crippen molar-refractivity contribution in [2.45, 2.75) is 32.4 Å². The molecule has 0 spiro atoms. The Kier molecular flexibility index (Phi) is 10.3. The van der Waals surface area contributed by atoms with Gasteiger partial charge in [0.2, 0.25) is 5.91 Å². The molecule has 1 N–H and O–H groups in total. The summed E-state index contributed by atoms with van der Waals surface area (Å²) in [5.74, 6) is -0.180. The summed E-state index contributed by atoms with van der Waals surface area (Å²) >= 11 is 18.9. The lowest BCUT2D eigenvalue weighted by Gasteiger charge is -2.32. The van der Waals surface area contributed by atoms with Crippen molar-refractivity contribution in [1.82, 2.24) is 10.2 Å². The van der Waals surface area contributed by atoms with Crippen LogP contribution in [0.4, 0.5) is 0 Å². The van der Waals surface area contributed by atoms with Gasteiger partial charge in [-0.3, -0.25) is 9.59 Å². The molecule has 0 aliphatic rings. The molecule has 0 radical (unpaired) electrons. The van der Waals surface area contributed by atoms with Crippen molar-refractivity contribution >= 4 is 46.6 Å². The Hall–Kier alpha value is -2.73. The maximum Gasteiger partial charge on any atom is 0.261 e. The van der Waals surface area contributed by atoms with Crippen LogP contribution >= 0.6 is 34.8 Å². The Morgan fingerprint density at radius 2 is 1.63 bits per heavy atom. The zero-order valence-electron chi connectivity index (χ0n) is 19.3. The number of carbonyl (C=O) groups excluding carboxylic acids is 2. The maximum atomic E-state index is 13.5. The number of carbonyl (C=O) groups is 2. The van der Waals surface area contributed by atoms with Gasteiger partial charge in [-0.25, -0.2) is 0 Å². The van der Waals surface area contributed by atoms with Crippen LogP contribution in [0.1, 0.15) is 24.5 Å². The summed E-state index contributed by atoms with van der Waals surface area (Å²) in [6.07, 6.45) is 1.09. The van der Waals surface area contributed by atoms with Crippen LogP contribution in [0.2, 0.25) is 15.1 Å². The summed E-state index contributed by atoms with van der Waals surface area (Å²) in [5.41, 5.74) is 1.48. The van der Waals surface area contributed by atoms with Gasteiger partial charge in [0.25, 0.3) is 5.91 Å². The molecule has 0 fully saturated rings. The van der Waals surface area contributed by atoms with Crippen LogP contribution in [0.25, 0.3) is 0 Å². The monoisotopic (exact) mass is 532 g/mol. The van der Waals surface area contributed by atoms with Gasteiger partial charge < -0.3 is 15.0 Å². The highest BCUT2D eigenvalue weighted by molar-refractivity contribution is 6.36. The van der Waals surface area contributed by atoms with Crippen LogP contribution in [0, 0.1) is 0 Å². The van der Waals surface area contributed by atoms with Crippen LogP contribution in [0.3, 0.4) is 0 Å². The summed E-state index contributed by atoms with van der Waals surface area (Å²) in [6.45, 7) is 2.23. The third-order valence-corrected chi connectivity index (χ3v) is 6.31. The smallest absolute Gasteiger partial charge is 0.261 e. The standard InChI is InChI=1S/C27H27Cl3N2O3/c1-2-14-31-27(34)25(15-19-8-4-3-5-9-19)32(17-22-23(29)12-7-13-24(22)30)26(33)18-35-21-11-6-10-20(28)16-21/h3-13,16,25H,2,14-15,17-18H2,1H3,(H,31,34)/t25-/m0/s1. The molecule has 8 heteroatoms. The highest BCUT2D eigenvalue weighted by Gasteiger charge is 2.31. The van der Waals surface area contributed by atoms with Crippen molar-refractivity contribution in [2.24, 2.45) is 0 Å². The second-order valence-corrected chi connectivity index (χ2v) is 9.22. The molecule has 3 rings (SSSR count). The summed E-state index contributed by atoms with van der Waals surface area (Å²) in [5, 5.41) is 4.25. The zero-order chi connectivity index (χ0) is 25.2. The van der Waals surface area contributed by atoms with E-state index >= 15 is 0 Å². The average Bonchev–Trinajstić information content (AvgIpc) is 2.85. The van der Waals surface area contributed by atoms with Crippen molar-refractivity contribution < 1.29 is 14.3 Å². The molecule has 2 amide bonds. The molecule has 3 aromatic rings. The van der Waals surface area contributed by atoms with Crippen molar-refractivity contribution in [3.05, 3.63) is 99.0 Å². The lowest BCUT2D eigenvalue weighted by atomic mass is 10.0. The first-order valence-corrected chi connectivity index (χ1v) is 12.4. The van der Waals surface area contributed by atoms with Gasteiger partial charge in [-0.2, -0.15) is 0 Å². The van der Waals surface area contributed by atoms with Gasteiger partial charge in [0.15, 0.2) is 6.61 Å². The van der Waals surface area contributed by atoms with Crippen LogP contribution < -0.4 is 10.1 Å². The predicted octanol–water partition coefficient (Wildman–Crippen LogP) is 6.19. The van der Waals surface area contributed by atoms with Gasteiger partial charge in [-0.15, -0.1) is 0 Å². The Labute approximate surface area is 220 Å². The van der Waals surface area contributed by atoms with E-state index in [4.69, 9.17) is 39.5 Å². The summed E-state index contributed by atoms with van der Waals surface area (Å²) in [7, 11) is 0. The molecule has 0 saturated carbocycles. The lowest BCUT2D eigenvalue weighted by molar-refractivity contribution is -0.142. The minimum Gasteiger partial charge on any atom is -0.484 e. The molecule has 5 nitrogen and oxygen atoms in total. The van der Waals surface area contributed by atoms with Crippen LogP contribution in [0.15, 0.2) is 72.8 Å². The Bertz CT molecular complexity index is 1120. The molecule has 1 atom stereocenters. The number of ether oxygens (including phenoxy) is 1. The predicted molar refractivity (Wildman–Crippen MR) is 141 cm³/mol. The molecule has 0 bridgehead atoms. The number of halogens is 3. The van der Waals surface area contributed by atoms with Crippen molar-refractivity contribution in [2.75, 3.05) is 13.2 Å². The van der Waals surface area contributed by atoms with E-state index < -0.39 is 6.04 Å². The second-order valence-electron chi connectivity index (χ2n) is 7.96. The Morgan fingerprint density at radius 1 is 0.943 bits per heavy atom. The number of rotatable bonds is 11. The number of nitrogens with zero attached hydrogens (tertiary/aromatic N) is 1. The molecular formula is C27H27Cl3N2O3. The number of hydrogen-bond acceptors (Lipinski definition) is 3. The van der Waals surface area contributed by atoms with E-state index in [9.17, 15) is 9.59 Å². The number of amides is 2. The summed E-state index contributed by atoms with van der Waals surface area (Å²) in [4.78, 5) is 28.3. The fourth-order valence-corrected chi connectivity index (χ4v) is 4.26. The Morgan fingerprint density at radius 3 is 2.29 bits per heavy atom.